The Kier molecular flexibility index (Phi) is 5.58. The molecule has 3 N–H and O–H groups in total. The first kappa shape index (κ1) is 11.3. The van der Waals surface area contributed by atoms with Crippen LogP contribution < -0.4 is 5.73 Å². The average molecular weight is 170 g/mol. The number of nitrogens with two attached hydrogens (primary N) is 1. The SMILES string of the molecule is B[C@@H](C[C@H](N)C=C)[C@H](O)CN=O. The number of nitrogens with zero attached hydrogens (tertiary/aromatic N) is 1. The van der Waals surface area contributed by atoms with Gasteiger partial charge in [0.1, 0.15) is 14.4 Å². The van der Waals surface area contributed by atoms with Gasteiger partial charge in [-0.25, -0.2) is 0 Å². The first-order valence-corrected chi connectivity index (χ1v) is 3.97. The highest BCUT2D eigenvalue weighted by Gasteiger charge is 2.15. The highest BCUT2D eigenvalue weighted by Crippen LogP contribution is 2.14. The molecule has 0 aromatic heterocycles. The molecule has 4 nitrogen and oxygen atoms in total. The molecule has 12 heavy (non-hydrogen) atoms. The van der Waals surface area contributed by atoms with E-state index in [-0.39, 0.29) is 18.4 Å². The van der Waals surface area contributed by atoms with Gasteiger partial charge in [-0.05, 0) is 12.2 Å². The van der Waals surface area contributed by atoms with Crippen LogP contribution in [0.3, 0.4) is 0 Å². The summed E-state index contributed by atoms with van der Waals surface area (Å²) in [6.45, 7) is 3.46. The Balaban J connectivity index is 3.76. The van der Waals surface area contributed by atoms with Gasteiger partial charge in [-0.2, -0.15) is 4.91 Å². The van der Waals surface area contributed by atoms with Gasteiger partial charge >= 0.3 is 0 Å². The Morgan fingerprint density at radius 1 is 1.75 bits per heavy atom. The van der Waals surface area contributed by atoms with E-state index in [1.807, 2.05) is 7.85 Å². The smallest absolute Gasteiger partial charge is 0.108 e. The molecule has 0 amide bonds. The van der Waals surface area contributed by atoms with Gasteiger partial charge in [0.2, 0.25) is 0 Å². The summed E-state index contributed by atoms with van der Waals surface area (Å²) in [6.07, 6.45) is 1.56. The summed E-state index contributed by atoms with van der Waals surface area (Å²) in [6, 6.07) is -0.124. The van der Waals surface area contributed by atoms with Crippen molar-refractivity contribution in [3.63, 3.8) is 0 Å². The number of hydrogen-bond donors (Lipinski definition) is 2. The Bertz CT molecular complexity index is 154. The molecule has 0 spiro atoms. The molecule has 0 aromatic carbocycles. The summed E-state index contributed by atoms with van der Waals surface area (Å²) < 4.78 is 0. The predicted octanol–water partition coefficient (Wildman–Crippen LogP) is -0.561. The molecule has 0 saturated carbocycles. The van der Waals surface area contributed by atoms with Crippen molar-refractivity contribution in [2.24, 2.45) is 10.9 Å². The normalized spacial score (nSPS) is 17.8. The molecule has 0 radical (unpaired) electrons. The lowest BCUT2D eigenvalue weighted by Gasteiger charge is -2.17. The van der Waals surface area contributed by atoms with Crippen LogP contribution in [0.5, 0.6) is 0 Å². The predicted molar refractivity (Wildman–Crippen MR) is 51.8 cm³/mol. The number of hydrogen-bond acceptors (Lipinski definition) is 4. The summed E-state index contributed by atoms with van der Waals surface area (Å²) in [5.41, 5.74) is 5.57. The van der Waals surface area contributed by atoms with Crippen LogP contribution in [0.25, 0.3) is 0 Å². The number of rotatable bonds is 6. The van der Waals surface area contributed by atoms with Crippen LogP contribution in [-0.4, -0.2) is 31.6 Å². The summed E-state index contributed by atoms with van der Waals surface area (Å²) in [7, 11) is 1.83. The molecular weight excluding hydrogens is 155 g/mol. The summed E-state index contributed by atoms with van der Waals surface area (Å²) in [5, 5.41) is 11.9. The highest BCUT2D eigenvalue weighted by atomic mass is 16.3. The molecular formula is C7H15BN2O2. The van der Waals surface area contributed by atoms with Crippen LogP contribution in [-0.2, 0) is 0 Å². The van der Waals surface area contributed by atoms with Crippen LogP contribution in [0.2, 0.25) is 5.82 Å². The van der Waals surface area contributed by atoms with Crippen LogP contribution in [0.4, 0.5) is 0 Å². The minimum absolute atomic E-state index is 0.0179. The largest absolute Gasteiger partial charge is 0.392 e. The lowest BCUT2D eigenvalue weighted by atomic mass is 9.78. The van der Waals surface area contributed by atoms with Gasteiger partial charge in [0, 0.05) is 6.04 Å². The Morgan fingerprint density at radius 2 is 2.33 bits per heavy atom. The lowest BCUT2D eigenvalue weighted by Crippen LogP contribution is -2.26. The zero-order valence-corrected chi connectivity index (χ0v) is 7.31. The topological polar surface area (TPSA) is 75.7 Å². The maximum Gasteiger partial charge on any atom is 0.108 e. The van der Waals surface area contributed by atoms with Crippen molar-refractivity contribution < 1.29 is 5.11 Å². The first-order chi connectivity index (χ1) is 5.61. The van der Waals surface area contributed by atoms with E-state index in [9.17, 15) is 10.0 Å². The van der Waals surface area contributed by atoms with E-state index >= 15 is 0 Å². The fraction of sp³-hybridized carbons (Fsp3) is 0.714. The average Bonchev–Trinajstić information content (AvgIpc) is 2.04. The molecule has 0 fully saturated rings. The van der Waals surface area contributed by atoms with E-state index < -0.39 is 6.10 Å². The Morgan fingerprint density at radius 3 is 2.75 bits per heavy atom. The van der Waals surface area contributed by atoms with Crippen LogP contribution in [0.1, 0.15) is 6.42 Å². The van der Waals surface area contributed by atoms with Crippen molar-refractivity contribution >= 4 is 7.85 Å². The van der Waals surface area contributed by atoms with Gasteiger partial charge in [0.15, 0.2) is 0 Å². The molecule has 0 saturated heterocycles. The molecule has 0 aliphatic rings. The minimum atomic E-state index is -0.687. The fourth-order valence-corrected chi connectivity index (χ4v) is 0.939. The van der Waals surface area contributed by atoms with Crippen molar-refractivity contribution in [2.45, 2.75) is 24.4 Å². The summed E-state index contributed by atoms with van der Waals surface area (Å²) in [4.78, 5) is 9.81. The molecule has 0 bridgehead atoms. The first-order valence-electron chi connectivity index (χ1n) is 3.97. The van der Waals surface area contributed by atoms with Crippen LogP contribution in [0.15, 0.2) is 17.8 Å². The highest BCUT2D eigenvalue weighted by molar-refractivity contribution is 6.12. The molecule has 3 atom stereocenters. The van der Waals surface area contributed by atoms with Gasteiger partial charge in [-0.1, -0.05) is 11.3 Å². The molecule has 0 unspecified atom stereocenters. The van der Waals surface area contributed by atoms with E-state index in [1.165, 1.54) is 0 Å². The Labute approximate surface area is 73.2 Å². The minimum Gasteiger partial charge on any atom is -0.392 e. The third kappa shape index (κ3) is 4.25. The summed E-state index contributed by atoms with van der Waals surface area (Å²) in [5.74, 6) is -0.0179. The van der Waals surface area contributed by atoms with E-state index in [0.717, 1.165) is 0 Å². The second-order valence-electron chi connectivity index (χ2n) is 2.99. The number of aliphatic hydroxyl groups is 1. The quantitative estimate of drug-likeness (QED) is 0.318. The molecule has 5 heteroatoms. The van der Waals surface area contributed by atoms with Crippen molar-refractivity contribution in [1.82, 2.24) is 0 Å². The molecule has 0 aliphatic heterocycles. The van der Waals surface area contributed by atoms with Crippen LogP contribution >= 0.6 is 0 Å². The maximum atomic E-state index is 9.81. The van der Waals surface area contributed by atoms with Crippen molar-refractivity contribution in [2.75, 3.05) is 6.54 Å². The third-order valence-corrected chi connectivity index (χ3v) is 1.87. The van der Waals surface area contributed by atoms with Crippen molar-refractivity contribution in [1.29, 1.82) is 0 Å². The van der Waals surface area contributed by atoms with Gasteiger partial charge in [-0.3, -0.25) is 0 Å². The molecule has 0 heterocycles. The fourth-order valence-electron chi connectivity index (χ4n) is 0.939. The van der Waals surface area contributed by atoms with Crippen molar-refractivity contribution in [3.05, 3.63) is 17.6 Å². The zero-order chi connectivity index (χ0) is 9.56. The van der Waals surface area contributed by atoms with Gasteiger partial charge in [-0.15, -0.1) is 6.58 Å². The van der Waals surface area contributed by atoms with E-state index in [1.54, 1.807) is 6.08 Å². The zero-order valence-electron chi connectivity index (χ0n) is 7.31. The molecule has 0 aliphatic carbocycles. The second-order valence-corrected chi connectivity index (χ2v) is 2.99. The second kappa shape index (κ2) is 5.91. The van der Waals surface area contributed by atoms with Gasteiger partial charge in [0.05, 0.1) is 6.10 Å². The Hall–Kier alpha value is -0.675. The summed E-state index contributed by atoms with van der Waals surface area (Å²) >= 11 is 0. The molecule has 0 aromatic rings. The van der Waals surface area contributed by atoms with Gasteiger partial charge < -0.3 is 10.8 Å². The lowest BCUT2D eigenvalue weighted by molar-refractivity contribution is 0.169. The molecule has 68 valence electrons. The van der Waals surface area contributed by atoms with E-state index in [4.69, 9.17) is 5.73 Å². The number of aliphatic hydroxyl groups excluding tert-OH is 1. The molecule has 0 rings (SSSR count). The van der Waals surface area contributed by atoms with Crippen molar-refractivity contribution in [3.8, 4) is 0 Å². The van der Waals surface area contributed by atoms with E-state index in [0.29, 0.717) is 6.42 Å². The third-order valence-electron chi connectivity index (χ3n) is 1.87. The van der Waals surface area contributed by atoms with Crippen LogP contribution in [0, 0.1) is 4.91 Å². The maximum absolute atomic E-state index is 9.81. The van der Waals surface area contributed by atoms with Gasteiger partial charge in [0.25, 0.3) is 0 Å². The van der Waals surface area contributed by atoms with E-state index in [2.05, 4.69) is 11.8 Å². The monoisotopic (exact) mass is 170 g/mol. The standard InChI is InChI=1S/C7H15BN2O2/c1-2-5(9)3-6(8)7(11)4-10-12/h2,5-7,11H,1,3-4,8-9H2/t5-,6+,7-/m1/s1. The number of nitroso groups, excluding NO2 is 1.